The number of carbonyl (C=O) groups excluding carboxylic acids is 1. The van der Waals surface area contributed by atoms with E-state index in [4.69, 9.17) is 0 Å². The number of thioether (sulfide) groups is 1. The Morgan fingerprint density at radius 2 is 2.20 bits per heavy atom. The molecule has 1 aliphatic rings. The van der Waals surface area contributed by atoms with Crippen molar-refractivity contribution < 1.29 is 22.7 Å². The van der Waals surface area contributed by atoms with Crippen LogP contribution in [0.15, 0.2) is 24.3 Å². The standard InChI is InChI=1S/C13H14F3NO2S/c1-17-5-6-20-8-11(17)12(18)9-3-2-4-10(7-9)19-13(14,15)16/h2-4,7,11H,5-6,8H2,1H3. The molecule has 0 N–H and O–H groups in total. The highest BCUT2D eigenvalue weighted by Crippen LogP contribution is 2.25. The van der Waals surface area contributed by atoms with E-state index in [0.717, 1.165) is 18.4 Å². The lowest BCUT2D eigenvalue weighted by atomic mass is 10.0. The molecule has 1 aliphatic heterocycles. The van der Waals surface area contributed by atoms with Gasteiger partial charge in [-0.05, 0) is 19.2 Å². The van der Waals surface area contributed by atoms with Crippen LogP contribution in [0.2, 0.25) is 0 Å². The van der Waals surface area contributed by atoms with Crippen molar-refractivity contribution in [3.8, 4) is 5.75 Å². The second-order valence-electron chi connectivity index (χ2n) is 4.51. The summed E-state index contributed by atoms with van der Waals surface area (Å²) < 4.78 is 40.4. The van der Waals surface area contributed by atoms with Crippen LogP contribution in [-0.2, 0) is 0 Å². The van der Waals surface area contributed by atoms with Crippen molar-refractivity contribution in [2.24, 2.45) is 0 Å². The monoisotopic (exact) mass is 305 g/mol. The Hall–Kier alpha value is -1.21. The Morgan fingerprint density at radius 3 is 2.85 bits per heavy atom. The number of nitrogens with zero attached hydrogens (tertiary/aromatic N) is 1. The predicted octanol–water partition coefficient (Wildman–Crippen LogP) is 2.82. The zero-order valence-corrected chi connectivity index (χ0v) is 11.6. The lowest BCUT2D eigenvalue weighted by Gasteiger charge is -2.30. The van der Waals surface area contributed by atoms with Crippen LogP contribution in [0.25, 0.3) is 0 Å². The van der Waals surface area contributed by atoms with Gasteiger partial charge in [-0.3, -0.25) is 9.69 Å². The zero-order chi connectivity index (χ0) is 14.8. The Kier molecular flexibility index (Phi) is 4.59. The Morgan fingerprint density at radius 1 is 1.45 bits per heavy atom. The quantitative estimate of drug-likeness (QED) is 0.803. The summed E-state index contributed by atoms with van der Waals surface area (Å²) in [5.74, 6) is 1.07. The summed E-state index contributed by atoms with van der Waals surface area (Å²) in [6, 6.07) is 4.94. The van der Waals surface area contributed by atoms with E-state index in [9.17, 15) is 18.0 Å². The van der Waals surface area contributed by atoms with Gasteiger partial charge in [0.15, 0.2) is 5.78 Å². The molecule has 0 saturated carbocycles. The molecule has 1 fully saturated rings. The summed E-state index contributed by atoms with van der Waals surface area (Å²) in [5, 5.41) is 0. The first-order valence-electron chi connectivity index (χ1n) is 6.05. The van der Waals surface area contributed by atoms with Crippen molar-refractivity contribution in [3.63, 3.8) is 0 Å². The highest BCUT2D eigenvalue weighted by atomic mass is 32.2. The third-order valence-corrected chi connectivity index (χ3v) is 4.07. The number of rotatable bonds is 3. The van der Waals surface area contributed by atoms with Crippen molar-refractivity contribution in [2.45, 2.75) is 12.4 Å². The van der Waals surface area contributed by atoms with Crippen molar-refractivity contribution in [3.05, 3.63) is 29.8 Å². The van der Waals surface area contributed by atoms with Crippen LogP contribution in [0.4, 0.5) is 13.2 Å². The van der Waals surface area contributed by atoms with E-state index in [2.05, 4.69) is 4.74 Å². The molecule has 0 aromatic heterocycles. The molecule has 20 heavy (non-hydrogen) atoms. The average molecular weight is 305 g/mol. The van der Waals surface area contributed by atoms with Crippen LogP contribution >= 0.6 is 11.8 Å². The number of alkyl halides is 3. The molecule has 1 unspecified atom stereocenters. The van der Waals surface area contributed by atoms with Crippen LogP contribution in [0.3, 0.4) is 0 Å². The SMILES string of the molecule is CN1CCSCC1C(=O)c1cccc(OC(F)(F)F)c1. The number of ketones is 1. The summed E-state index contributed by atoms with van der Waals surface area (Å²) in [4.78, 5) is 14.3. The van der Waals surface area contributed by atoms with Crippen LogP contribution in [0, 0.1) is 0 Å². The van der Waals surface area contributed by atoms with Crippen LogP contribution in [-0.4, -0.2) is 48.2 Å². The molecule has 7 heteroatoms. The number of benzene rings is 1. The number of halogens is 3. The molecule has 2 rings (SSSR count). The fourth-order valence-electron chi connectivity index (χ4n) is 2.00. The Labute approximate surface area is 119 Å². The molecule has 1 heterocycles. The zero-order valence-electron chi connectivity index (χ0n) is 10.8. The van der Waals surface area contributed by atoms with Gasteiger partial charge in [-0.2, -0.15) is 11.8 Å². The molecule has 0 radical (unpaired) electrons. The second kappa shape index (κ2) is 6.05. The van der Waals surface area contributed by atoms with Gasteiger partial charge in [0.2, 0.25) is 0 Å². The fourth-order valence-corrected chi connectivity index (χ4v) is 3.21. The molecule has 0 bridgehead atoms. The second-order valence-corrected chi connectivity index (χ2v) is 5.66. The minimum Gasteiger partial charge on any atom is -0.406 e. The van der Waals surface area contributed by atoms with E-state index in [1.165, 1.54) is 18.2 Å². The number of ether oxygens (including phenoxy) is 1. The Bertz CT molecular complexity index is 493. The first kappa shape index (κ1) is 15.2. The van der Waals surface area contributed by atoms with Gasteiger partial charge in [0.1, 0.15) is 5.75 Å². The van der Waals surface area contributed by atoms with Crippen LogP contribution < -0.4 is 4.74 Å². The number of carbonyl (C=O) groups is 1. The first-order valence-corrected chi connectivity index (χ1v) is 7.20. The summed E-state index contributed by atoms with van der Waals surface area (Å²) >= 11 is 1.67. The highest BCUT2D eigenvalue weighted by Gasteiger charge is 2.32. The molecular formula is C13H14F3NO2S. The molecule has 1 atom stereocenters. The average Bonchev–Trinajstić information content (AvgIpc) is 2.37. The van der Waals surface area contributed by atoms with Gasteiger partial charge in [0.25, 0.3) is 0 Å². The molecule has 1 saturated heterocycles. The fraction of sp³-hybridized carbons (Fsp3) is 0.462. The molecular weight excluding hydrogens is 291 g/mol. The number of hydrogen-bond acceptors (Lipinski definition) is 4. The predicted molar refractivity (Wildman–Crippen MR) is 71.2 cm³/mol. The molecule has 3 nitrogen and oxygen atoms in total. The van der Waals surface area contributed by atoms with Gasteiger partial charge < -0.3 is 4.74 Å². The van der Waals surface area contributed by atoms with Crippen LogP contribution in [0.5, 0.6) is 5.75 Å². The van der Waals surface area contributed by atoms with Gasteiger partial charge >= 0.3 is 6.36 Å². The van der Waals surface area contributed by atoms with Gasteiger partial charge in [-0.15, -0.1) is 13.2 Å². The van der Waals surface area contributed by atoms with E-state index >= 15 is 0 Å². The van der Waals surface area contributed by atoms with Crippen LogP contribution in [0.1, 0.15) is 10.4 Å². The van der Waals surface area contributed by atoms with Crippen molar-refractivity contribution in [1.29, 1.82) is 0 Å². The summed E-state index contributed by atoms with van der Waals surface area (Å²) in [6.07, 6.45) is -4.75. The maximum atomic E-state index is 12.3. The molecule has 1 aromatic rings. The smallest absolute Gasteiger partial charge is 0.406 e. The van der Waals surface area contributed by atoms with Crippen molar-refractivity contribution in [1.82, 2.24) is 4.90 Å². The van der Waals surface area contributed by atoms with E-state index in [1.807, 2.05) is 11.9 Å². The largest absolute Gasteiger partial charge is 0.573 e. The molecule has 0 aliphatic carbocycles. The molecule has 110 valence electrons. The summed E-state index contributed by atoms with van der Waals surface area (Å²) in [6.45, 7) is 0.791. The molecule has 0 spiro atoms. The highest BCUT2D eigenvalue weighted by molar-refractivity contribution is 7.99. The lowest BCUT2D eigenvalue weighted by molar-refractivity contribution is -0.274. The number of likely N-dealkylation sites (N-methyl/N-ethyl adjacent to an activating group) is 1. The topological polar surface area (TPSA) is 29.5 Å². The first-order chi connectivity index (χ1) is 9.37. The molecule has 1 aromatic carbocycles. The van der Waals surface area contributed by atoms with E-state index in [0.29, 0.717) is 5.75 Å². The maximum absolute atomic E-state index is 12.3. The summed E-state index contributed by atoms with van der Waals surface area (Å²) in [7, 11) is 1.85. The van der Waals surface area contributed by atoms with Crippen molar-refractivity contribution >= 4 is 17.5 Å². The maximum Gasteiger partial charge on any atom is 0.573 e. The minimum absolute atomic E-state index is 0.174. The van der Waals surface area contributed by atoms with Gasteiger partial charge in [-0.25, -0.2) is 0 Å². The number of Topliss-reactive ketones (excluding diaryl/α,β-unsaturated/α-hetero) is 1. The normalized spacial score (nSPS) is 20.7. The molecule has 0 amide bonds. The van der Waals surface area contributed by atoms with Crippen molar-refractivity contribution in [2.75, 3.05) is 25.1 Å². The van der Waals surface area contributed by atoms with E-state index in [1.54, 1.807) is 11.8 Å². The third kappa shape index (κ3) is 3.89. The third-order valence-electron chi connectivity index (χ3n) is 3.05. The van der Waals surface area contributed by atoms with Gasteiger partial charge in [-0.1, -0.05) is 12.1 Å². The van der Waals surface area contributed by atoms with E-state index in [-0.39, 0.29) is 23.1 Å². The van der Waals surface area contributed by atoms with Gasteiger partial charge in [0, 0.05) is 23.6 Å². The number of hydrogen-bond donors (Lipinski definition) is 0. The van der Waals surface area contributed by atoms with Gasteiger partial charge in [0.05, 0.1) is 6.04 Å². The lowest BCUT2D eigenvalue weighted by Crippen LogP contribution is -2.44. The minimum atomic E-state index is -4.75. The Balaban J connectivity index is 2.15. The van der Waals surface area contributed by atoms with E-state index < -0.39 is 6.36 Å². The summed E-state index contributed by atoms with van der Waals surface area (Å²) in [5.41, 5.74) is 0.242.